The first kappa shape index (κ1) is 20.9. The minimum atomic E-state index is -0.373. The summed E-state index contributed by atoms with van der Waals surface area (Å²) in [6.07, 6.45) is 3.61. The fraction of sp³-hybridized carbons (Fsp3) is 0.304. The first-order chi connectivity index (χ1) is 13.9. The van der Waals surface area contributed by atoms with Crippen LogP contribution < -0.4 is 10.1 Å². The maximum absolute atomic E-state index is 13.4. The largest absolute Gasteiger partial charge is 0.497 e. The van der Waals surface area contributed by atoms with Crippen LogP contribution in [-0.2, 0) is 11.8 Å². The van der Waals surface area contributed by atoms with Gasteiger partial charge in [-0.2, -0.15) is 0 Å². The van der Waals surface area contributed by atoms with Crippen molar-refractivity contribution in [2.24, 2.45) is 13.0 Å². The van der Waals surface area contributed by atoms with Crippen LogP contribution in [0.15, 0.2) is 60.9 Å². The molecule has 3 rings (SSSR count). The van der Waals surface area contributed by atoms with E-state index in [2.05, 4.69) is 10.3 Å². The summed E-state index contributed by atoms with van der Waals surface area (Å²) in [7, 11) is 3.55. The third-order valence-electron chi connectivity index (χ3n) is 5.03. The van der Waals surface area contributed by atoms with E-state index < -0.39 is 0 Å². The third-order valence-corrected chi connectivity index (χ3v) is 5.28. The SMILES string of the molecule is COc1ccc([C@H](NC(=O)[C@@H](c2ccc(Cl)cc2)C(C)C)c2nccn2C)cc1. The molecule has 1 N–H and O–H groups in total. The minimum absolute atomic E-state index is 0.0499. The van der Waals surface area contributed by atoms with Gasteiger partial charge >= 0.3 is 0 Å². The number of aromatic nitrogens is 2. The lowest BCUT2D eigenvalue weighted by Crippen LogP contribution is -2.36. The van der Waals surface area contributed by atoms with E-state index in [1.54, 1.807) is 13.3 Å². The summed E-state index contributed by atoms with van der Waals surface area (Å²) in [5.74, 6) is 1.30. The Morgan fingerprint density at radius 2 is 1.69 bits per heavy atom. The monoisotopic (exact) mass is 411 g/mol. The molecule has 29 heavy (non-hydrogen) atoms. The van der Waals surface area contributed by atoms with E-state index in [1.165, 1.54) is 0 Å². The van der Waals surface area contributed by atoms with Crippen LogP contribution in [0, 0.1) is 5.92 Å². The Balaban J connectivity index is 1.94. The molecular weight excluding hydrogens is 386 g/mol. The number of benzene rings is 2. The second-order valence-electron chi connectivity index (χ2n) is 7.38. The molecule has 152 valence electrons. The molecule has 1 amide bonds. The van der Waals surface area contributed by atoms with E-state index >= 15 is 0 Å². The quantitative estimate of drug-likeness (QED) is 0.611. The number of nitrogens with one attached hydrogen (secondary N) is 1. The van der Waals surface area contributed by atoms with Crippen LogP contribution in [0.2, 0.25) is 5.02 Å². The smallest absolute Gasteiger partial charge is 0.228 e. The van der Waals surface area contributed by atoms with Gasteiger partial charge in [0.1, 0.15) is 17.6 Å². The zero-order chi connectivity index (χ0) is 21.0. The second kappa shape index (κ2) is 9.14. The van der Waals surface area contributed by atoms with Gasteiger partial charge < -0.3 is 14.6 Å². The van der Waals surface area contributed by atoms with E-state index in [9.17, 15) is 4.79 Å². The molecule has 0 aliphatic carbocycles. The standard InChI is InChI=1S/C23H26ClN3O2/c1-15(2)20(16-5-9-18(24)10-6-16)23(28)26-21(22-25-13-14-27(22)3)17-7-11-19(29-4)12-8-17/h5-15,20-21H,1-4H3,(H,26,28)/t20-,21+/m1/s1. The highest BCUT2D eigenvalue weighted by atomic mass is 35.5. The van der Waals surface area contributed by atoms with E-state index in [0.29, 0.717) is 5.02 Å². The molecule has 0 spiro atoms. The predicted octanol–water partition coefficient (Wildman–Crippen LogP) is 4.73. The van der Waals surface area contributed by atoms with E-state index in [4.69, 9.17) is 16.3 Å². The topological polar surface area (TPSA) is 56.1 Å². The Morgan fingerprint density at radius 3 is 2.21 bits per heavy atom. The highest BCUT2D eigenvalue weighted by Crippen LogP contribution is 2.29. The molecule has 1 heterocycles. The Hall–Kier alpha value is -2.79. The van der Waals surface area contributed by atoms with Crippen molar-refractivity contribution < 1.29 is 9.53 Å². The zero-order valence-corrected chi connectivity index (χ0v) is 17.9. The molecule has 0 saturated heterocycles. The molecule has 6 heteroatoms. The van der Waals surface area contributed by atoms with E-state index in [1.807, 2.05) is 80.2 Å². The lowest BCUT2D eigenvalue weighted by molar-refractivity contribution is -0.124. The molecule has 2 aromatic carbocycles. The molecule has 0 fully saturated rings. The molecule has 1 aromatic heterocycles. The third kappa shape index (κ3) is 4.80. The minimum Gasteiger partial charge on any atom is -0.497 e. The van der Waals surface area contributed by atoms with Gasteiger partial charge in [0.05, 0.1) is 13.0 Å². The zero-order valence-electron chi connectivity index (χ0n) is 17.1. The summed E-state index contributed by atoms with van der Waals surface area (Å²) in [5, 5.41) is 3.87. The van der Waals surface area contributed by atoms with Gasteiger partial charge in [-0.25, -0.2) is 4.98 Å². The van der Waals surface area contributed by atoms with Gasteiger partial charge in [-0.1, -0.05) is 49.7 Å². The molecule has 2 atom stereocenters. The van der Waals surface area contributed by atoms with Gasteiger partial charge in [0.25, 0.3) is 0 Å². The Kier molecular flexibility index (Phi) is 6.60. The van der Waals surface area contributed by atoms with Crippen LogP contribution in [0.4, 0.5) is 0 Å². The van der Waals surface area contributed by atoms with Crippen molar-refractivity contribution in [3.05, 3.63) is 82.9 Å². The number of halogens is 1. The van der Waals surface area contributed by atoms with Crippen LogP contribution in [0.1, 0.15) is 42.8 Å². The van der Waals surface area contributed by atoms with Gasteiger partial charge in [0, 0.05) is 24.5 Å². The van der Waals surface area contributed by atoms with Crippen molar-refractivity contribution in [3.8, 4) is 5.75 Å². The summed E-state index contributed by atoms with van der Waals surface area (Å²) < 4.78 is 7.18. The van der Waals surface area contributed by atoms with Gasteiger partial charge in [0.15, 0.2) is 0 Å². The number of methoxy groups -OCH3 is 1. The molecular formula is C23H26ClN3O2. The van der Waals surface area contributed by atoms with Gasteiger partial charge in [-0.3, -0.25) is 4.79 Å². The van der Waals surface area contributed by atoms with Crippen molar-refractivity contribution in [3.63, 3.8) is 0 Å². The van der Waals surface area contributed by atoms with Crippen LogP contribution in [0.3, 0.4) is 0 Å². The lowest BCUT2D eigenvalue weighted by Gasteiger charge is -2.25. The summed E-state index contributed by atoms with van der Waals surface area (Å²) in [4.78, 5) is 17.9. The number of imidazole rings is 1. The van der Waals surface area contributed by atoms with Crippen molar-refractivity contribution in [2.75, 3.05) is 7.11 Å². The van der Waals surface area contributed by atoms with Crippen molar-refractivity contribution in [1.29, 1.82) is 0 Å². The van der Waals surface area contributed by atoms with E-state index in [0.717, 1.165) is 22.7 Å². The second-order valence-corrected chi connectivity index (χ2v) is 7.82. The molecule has 5 nitrogen and oxygen atoms in total. The number of carbonyl (C=O) groups excluding carboxylic acids is 1. The number of aryl methyl sites for hydroxylation is 1. The highest BCUT2D eigenvalue weighted by Gasteiger charge is 2.28. The Morgan fingerprint density at radius 1 is 1.07 bits per heavy atom. The van der Waals surface area contributed by atoms with Crippen LogP contribution in [-0.4, -0.2) is 22.6 Å². The number of hydrogen-bond donors (Lipinski definition) is 1. The summed E-state index contributed by atoms with van der Waals surface area (Å²) in [5.41, 5.74) is 1.88. The normalized spacial score (nSPS) is 13.2. The first-order valence-corrected chi connectivity index (χ1v) is 9.95. The summed E-state index contributed by atoms with van der Waals surface area (Å²) >= 11 is 6.03. The van der Waals surface area contributed by atoms with Crippen molar-refractivity contribution >= 4 is 17.5 Å². The fourth-order valence-corrected chi connectivity index (χ4v) is 3.62. The van der Waals surface area contributed by atoms with Gasteiger partial charge in [0.2, 0.25) is 5.91 Å². The van der Waals surface area contributed by atoms with Gasteiger partial charge in [-0.15, -0.1) is 0 Å². The number of nitrogens with zero attached hydrogens (tertiary/aromatic N) is 2. The predicted molar refractivity (Wildman–Crippen MR) is 115 cm³/mol. The number of hydrogen-bond acceptors (Lipinski definition) is 3. The molecule has 0 unspecified atom stereocenters. The van der Waals surface area contributed by atoms with Crippen LogP contribution in [0.5, 0.6) is 5.75 Å². The molecule has 0 bridgehead atoms. The lowest BCUT2D eigenvalue weighted by atomic mass is 9.87. The Bertz CT molecular complexity index is 949. The highest BCUT2D eigenvalue weighted by molar-refractivity contribution is 6.30. The first-order valence-electron chi connectivity index (χ1n) is 9.57. The number of rotatable bonds is 7. The number of amides is 1. The number of carbonyl (C=O) groups is 1. The van der Waals surface area contributed by atoms with E-state index in [-0.39, 0.29) is 23.8 Å². The molecule has 0 radical (unpaired) electrons. The average molecular weight is 412 g/mol. The molecule has 0 aliphatic rings. The summed E-state index contributed by atoms with van der Waals surface area (Å²) in [6.45, 7) is 4.09. The van der Waals surface area contributed by atoms with Crippen molar-refractivity contribution in [2.45, 2.75) is 25.8 Å². The fourth-order valence-electron chi connectivity index (χ4n) is 3.49. The van der Waals surface area contributed by atoms with Crippen molar-refractivity contribution in [1.82, 2.24) is 14.9 Å². The Labute approximate surface area is 176 Å². The average Bonchev–Trinajstić information content (AvgIpc) is 3.13. The number of ether oxygens (including phenoxy) is 1. The van der Waals surface area contributed by atoms with Gasteiger partial charge in [-0.05, 0) is 41.3 Å². The molecule has 3 aromatic rings. The maximum Gasteiger partial charge on any atom is 0.228 e. The van der Waals surface area contributed by atoms with Crippen LogP contribution >= 0.6 is 11.6 Å². The molecule has 0 saturated carbocycles. The van der Waals surface area contributed by atoms with Crippen LogP contribution in [0.25, 0.3) is 0 Å². The molecule has 0 aliphatic heterocycles. The summed E-state index contributed by atoms with van der Waals surface area (Å²) in [6, 6.07) is 14.8. The maximum atomic E-state index is 13.4.